The molecule has 0 unspecified atom stereocenters. The summed E-state index contributed by atoms with van der Waals surface area (Å²) in [6, 6.07) is 4.89. The number of guanidine groups is 1. The molecule has 0 heterocycles. The van der Waals surface area contributed by atoms with Crippen molar-refractivity contribution in [1.82, 2.24) is 15.5 Å². The summed E-state index contributed by atoms with van der Waals surface area (Å²) in [4.78, 5) is 17.5. The first-order valence-corrected chi connectivity index (χ1v) is 7.02. The zero-order valence-corrected chi connectivity index (χ0v) is 13.3. The molecule has 0 aliphatic heterocycles. The van der Waals surface area contributed by atoms with E-state index in [1.807, 2.05) is 0 Å². The molecule has 6 heteroatoms. The number of aryl methyl sites for hydroxylation is 1. The Labute approximate surface area is 130 Å². The number of carbonyl (C=O) groups excluding carboxylic acids is 1. The van der Waals surface area contributed by atoms with E-state index >= 15 is 0 Å². The van der Waals surface area contributed by atoms with Gasteiger partial charge in [-0.15, -0.1) is 6.58 Å². The topological polar surface area (TPSA) is 56.7 Å². The number of hydrogen-bond donors (Lipinski definition) is 2. The molecule has 0 aromatic heterocycles. The molecular formula is C16H23FN4O. The predicted octanol–water partition coefficient (Wildman–Crippen LogP) is 1.44. The Morgan fingerprint density at radius 2 is 2.14 bits per heavy atom. The van der Waals surface area contributed by atoms with Gasteiger partial charge in [0.2, 0.25) is 5.91 Å². The maximum absolute atomic E-state index is 13.2. The summed E-state index contributed by atoms with van der Waals surface area (Å²) in [6.07, 6.45) is 1.70. The summed E-state index contributed by atoms with van der Waals surface area (Å²) < 4.78 is 13.2. The van der Waals surface area contributed by atoms with Crippen LogP contribution in [0.3, 0.4) is 0 Å². The average Bonchev–Trinajstić information content (AvgIpc) is 2.49. The minimum absolute atomic E-state index is 0.0503. The number of nitrogens with zero attached hydrogens (tertiary/aromatic N) is 2. The largest absolute Gasteiger partial charge is 0.353 e. The number of likely N-dealkylation sites (N-methyl/N-ethyl adjacent to an activating group) is 1. The lowest BCUT2D eigenvalue weighted by Gasteiger charge is -2.14. The molecule has 0 spiro atoms. The van der Waals surface area contributed by atoms with E-state index < -0.39 is 0 Å². The molecule has 0 aliphatic carbocycles. The van der Waals surface area contributed by atoms with E-state index in [0.717, 1.165) is 5.56 Å². The van der Waals surface area contributed by atoms with Crippen LogP contribution in [0.5, 0.6) is 0 Å². The Kier molecular flexibility index (Phi) is 7.08. The summed E-state index contributed by atoms with van der Waals surface area (Å²) in [7, 11) is 3.39. The number of halogens is 1. The molecular weight excluding hydrogens is 283 g/mol. The molecule has 0 saturated carbocycles. The van der Waals surface area contributed by atoms with E-state index in [9.17, 15) is 9.18 Å². The van der Waals surface area contributed by atoms with Gasteiger partial charge in [0.25, 0.3) is 0 Å². The molecule has 0 radical (unpaired) electrons. The van der Waals surface area contributed by atoms with Gasteiger partial charge in [-0.1, -0.05) is 18.2 Å². The number of hydrogen-bond acceptors (Lipinski definition) is 2. The van der Waals surface area contributed by atoms with Crippen molar-refractivity contribution >= 4 is 11.9 Å². The molecule has 0 atom stereocenters. The van der Waals surface area contributed by atoms with E-state index in [-0.39, 0.29) is 18.3 Å². The van der Waals surface area contributed by atoms with E-state index in [1.54, 1.807) is 39.2 Å². The van der Waals surface area contributed by atoms with Gasteiger partial charge >= 0.3 is 0 Å². The zero-order chi connectivity index (χ0) is 16.5. The van der Waals surface area contributed by atoms with Gasteiger partial charge in [0.05, 0.1) is 13.1 Å². The van der Waals surface area contributed by atoms with Crippen LogP contribution in [-0.2, 0) is 11.3 Å². The second kappa shape index (κ2) is 8.81. The fourth-order valence-corrected chi connectivity index (χ4v) is 1.64. The van der Waals surface area contributed by atoms with Crippen molar-refractivity contribution in [3.63, 3.8) is 0 Å². The molecule has 1 aromatic rings. The maximum Gasteiger partial charge on any atom is 0.241 e. The van der Waals surface area contributed by atoms with E-state index in [1.165, 1.54) is 11.0 Å². The molecule has 1 rings (SSSR count). The average molecular weight is 306 g/mol. The molecule has 5 nitrogen and oxygen atoms in total. The lowest BCUT2D eigenvalue weighted by molar-refractivity contribution is -0.127. The van der Waals surface area contributed by atoms with Gasteiger partial charge in [-0.05, 0) is 24.1 Å². The van der Waals surface area contributed by atoms with Crippen LogP contribution >= 0.6 is 0 Å². The predicted molar refractivity (Wildman–Crippen MR) is 87.2 cm³/mol. The van der Waals surface area contributed by atoms with Crippen molar-refractivity contribution in [3.05, 3.63) is 47.8 Å². The number of aliphatic imine (C=N–C) groups is 1. The first-order chi connectivity index (χ1) is 10.4. The molecule has 1 aromatic carbocycles. The highest BCUT2D eigenvalue weighted by Crippen LogP contribution is 2.09. The van der Waals surface area contributed by atoms with Gasteiger partial charge in [-0.3, -0.25) is 4.79 Å². The van der Waals surface area contributed by atoms with Crippen LogP contribution in [0.25, 0.3) is 0 Å². The third-order valence-electron chi connectivity index (χ3n) is 2.96. The molecule has 0 aliphatic rings. The molecule has 0 saturated heterocycles. The monoisotopic (exact) mass is 306 g/mol. The van der Waals surface area contributed by atoms with Crippen LogP contribution < -0.4 is 10.6 Å². The van der Waals surface area contributed by atoms with Crippen molar-refractivity contribution in [3.8, 4) is 0 Å². The first kappa shape index (κ1) is 17.7. The van der Waals surface area contributed by atoms with Crippen LogP contribution in [0.4, 0.5) is 4.39 Å². The molecule has 2 N–H and O–H groups in total. The Morgan fingerprint density at radius 3 is 2.73 bits per heavy atom. The van der Waals surface area contributed by atoms with Crippen LogP contribution in [0, 0.1) is 12.7 Å². The van der Waals surface area contributed by atoms with Crippen LogP contribution in [0.1, 0.15) is 11.1 Å². The quantitative estimate of drug-likeness (QED) is 0.475. The highest BCUT2D eigenvalue weighted by atomic mass is 19.1. The van der Waals surface area contributed by atoms with Gasteiger partial charge in [-0.2, -0.15) is 0 Å². The SMILES string of the molecule is C=CCNC(=NCc1ccc(F)c(C)c1)NCC(=O)N(C)C. The number of carbonyl (C=O) groups is 1. The van der Waals surface area contributed by atoms with Crippen molar-refractivity contribution in [2.75, 3.05) is 27.2 Å². The summed E-state index contributed by atoms with van der Waals surface area (Å²) >= 11 is 0. The highest BCUT2D eigenvalue weighted by Gasteiger charge is 2.05. The van der Waals surface area contributed by atoms with Crippen molar-refractivity contribution in [1.29, 1.82) is 0 Å². The minimum atomic E-state index is -0.229. The Balaban J connectivity index is 2.70. The van der Waals surface area contributed by atoms with E-state index in [2.05, 4.69) is 22.2 Å². The number of amides is 1. The fraction of sp³-hybridized carbons (Fsp3) is 0.375. The number of rotatable bonds is 6. The van der Waals surface area contributed by atoms with Crippen molar-refractivity contribution in [2.24, 2.45) is 4.99 Å². The maximum atomic E-state index is 13.2. The van der Waals surface area contributed by atoms with Gasteiger partial charge in [0.15, 0.2) is 5.96 Å². The second-order valence-corrected chi connectivity index (χ2v) is 5.06. The van der Waals surface area contributed by atoms with Gasteiger partial charge in [0, 0.05) is 20.6 Å². The van der Waals surface area contributed by atoms with Crippen LogP contribution in [0.2, 0.25) is 0 Å². The van der Waals surface area contributed by atoms with Crippen molar-refractivity contribution < 1.29 is 9.18 Å². The Hall–Kier alpha value is -2.37. The lowest BCUT2D eigenvalue weighted by Crippen LogP contribution is -2.43. The van der Waals surface area contributed by atoms with E-state index in [0.29, 0.717) is 24.6 Å². The smallest absolute Gasteiger partial charge is 0.241 e. The standard InChI is InChI=1S/C16H23FN4O/c1-5-8-18-16(20-11-15(22)21(3)4)19-10-13-6-7-14(17)12(2)9-13/h5-7,9H,1,8,10-11H2,2-4H3,(H2,18,19,20). The minimum Gasteiger partial charge on any atom is -0.353 e. The van der Waals surface area contributed by atoms with Crippen LogP contribution in [-0.4, -0.2) is 44.0 Å². The summed E-state index contributed by atoms with van der Waals surface area (Å²) in [5.74, 6) is 0.232. The Morgan fingerprint density at radius 1 is 1.41 bits per heavy atom. The van der Waals surface area contributed by atoms with Gasteiger partial charge < -0.3 is 15.5 Å². The van der Waals surface area contributed by atoms with E-state index in [4.69, 9.17) is 0 Å². The summed E-state index contributed by atoms with van der Waals surface area (Å²) in [5, 5.41) is 5.99. The molecule has 0 fully saturated rings. The van der Waals surface area contributed by atoms with Crippen molar-refractivity contribution in [2.45, 2.75) is 13.5 Å². The normalized spacial score (nSPS) is 11.0. The third kappa shape index (κ3) is 5.95. The summed E-state index contributed by atoms with van der Waals surface area (Å²) in [5.41, 5.74) is 1.49. The number of benzene rings is 1. The number of nitrogens with one attached hydrogen (secondary N) is 2. The molecule has 0 bridgehead atoms. The first-order valence-electron chi connectivity index (χ1n) is 7.02. The zero-order valence-electron chi connectivity index (χ0n) is 13.3. The fourth-order valence-electron chi connectivity index (χ4n) is 1.64. The molecule has 120 valence electrons. The summed E-state index contributed by atoms with van der Waals surface area (Å²) in [6.45, 7) is 6.43. The molecule has 1 amide bonds. The third-order valence-corrected chi connectivity index (χ3v) is 2.96. The van der Waals surface area contributed by atoms with Gasteiger partial charge in [-0.25, -0.2) is 9.38 Å². The molecule has 22 heavy (non-hydrogen) atoms. The Bertz CT molecular complexity index is 555. The van der Waals surface area contributed by atoms with Crippen LogP contribution in [0.15, 0.2) is 35.8 Å². The van der Waals surface area contributed by atoms with Gasteiger partial charge in [0.1, 0.15) is 5.82 Å². The highest BCUT2D eigenvalue weighted by molar-refractivity contribution is 5.86. The second-order valence-electron chi connectivity index (χ2n) is 5.06. The lowest BCUT2D eigenvalue weighted by atomic mass is 10.1.